The average molecular weight is 986 g/mol. The quantitative estimate of drug-likeness (QED) is 0.0999. The first-order valence-electron chi connectivity index (χ1n) is 23.2. The monoisotopic (exact) mass is 985 g/mol. The lowest BCUT2D eigenvalue weighted by molar-refractivity contribution is -0.144. The Morgan fingerprint density at radius 2 is 1.63 bits per heavy atom. The number of aliphatic hydroxyl groups is 1. The number of likely N-dealkylation sites (tertiary alicyclic amines) is 1. The van der Waals surface area contributed by atoms with Crippen molar-refractivity contribution in [3.05, 3.63) is 95.5 Å². The van der Waals surface area contributed by atoms with Gasteiger partial charge >= 0.3 is 6.18 Å². The maximum absolute atomic E-state index is 14.1. The molecule has 15 nitrogen and oxygen atoms in total. The van der Waals surface area contributed by atoms with E-state index in [4.69, 9.17) is 26.1 Å². The summed E-state index contributed by atoms with van der Waals surface area (Å²) in [6.45, 7) is 11.3. The number of alkyl halides is 3. The minimum absolute atomic E-state index is 0.00209. The van der Waals surface area contributed by atoms with Crippen LogP contribution in [0.4, 0.5) is 24.5 Å². The zero-order valence-corrected chi connectivity index (χ0v) is 40.8. The van der Waals surface area contributed by atoms with Crippen LogP contribution in [0.5, 0.6) is 5.75 Å². The highest BCUT2D eigenvalue weighted by Crippen LogP contribution is 2.40. The largest absolute Gasteiger partial charge is 0.493 e. The summed E-state index contributed by atoms with van der Waals surface area (Å²) in [5.74, 6) is -0.0810. The van der Waals surface area contributed by atoms with Crippen molar-refractivity contribution in [3.63, 3.8) is 0 Å². The van der Waals surface area contributed by atoms with E-state index < -0.39 is 70.1 Å². The number of aliphatic hydroxyl groups excluding tert-OH is 1. The summed E-state index contributed by atoms with van der Waals surface area (Å²) in [6, 6.07) is 17.2. The number of rotatable bonds is 15. The lowest BCUT2D eigenvalue weighted by Gasteiger charge is -2.35. The highest BCUT2D eigenvalue weighted by atomic mass is 32.1. The molecule has 4 amide bonds. The molecule has 1 saturated carbocycles. The Hall–Kier alpha value is -6.36. The Balaban J connectivity index is 0.846. The second kappa shape index (κ2) is 20.9. The van der Waals surface area contributed by atoms with Crippen LogP contribution in [0.3, 0.4) is 0 Å². The summed E-state index contributed by atoms with van der Waals surface area (Å²) in [5, 5.41) is 25.6. The third-order valence-corrected chi connectivity index (χ3v) is 13.6. The first-order valence-corrected chi connectivity index (χ1v) is 23.6. The van der Waals surface area contributed by atoms with Crippen molar-refractivity contribution in [2.24, 2.45) is 17.3 Å². The van der Waals surface area contributed by atoms with E-state index in [9.17, 15) is 42.7 Å². The fraction of sp³-hybridized carbons (Fsp3) is 0.471. The number of aryl methyl sites for hydroxylation is 1. The highest BCUT2D eigenvalue weighted by molar-refractivity contribution is 7.81. The van der Waals surface area contributed by atoms with E-state index in [1.54, 1.807) is 49.1 Å². The Labute approximate surface area is 410 Å². The first kappa shape index (κ1) is 51.5. The van der Waals surface area contributed by atoms with Gasteiger partial charge in [-0.2, -0.15) is 18.4 Å². The van der Waals surface area contributed by atoms with Gasteiger partial charge in [-0.05, 0) is 124 Å². The number of carbonyl (C=O) groups is 4. The fourth-order valence-corrected chi connectivity index (χ4v) is 9.75. The summed E-state index contributed by atoms with van der Waals surface area (Å²) in [4.78, 5) is 62.5. The Kier molecular flexibility index (Phi) is 15.4. The summed E-state index contributed by atoms with van der Waals surface area (Å²) in [7, 11) is 0. The fourth-order valence-electron chi connectivity index (χ4n) is 9.23. The van der Waals surface area contributed by atoms with Crippen molar-refractivity contribution in [2.45, 2.75) is 110 Å². The van der Waals surface area contributed by atoms with E-state index in [-0.39, 0.29) is 48.8 Å². The van der Waals surface area contributed by atoms with Crippen molar-refractivity contribution in [1.29, 1.82) is 5.26 Å². The van der Waals surface area contributed by atoms with Crippen molar-refractivity contribution >= 4 is 52.3 Å². The van der Waals surface area contributed by atoms with Gasteiger partial charge in [-0.25, -0.2) is 4.98 Å². The minimum Gasteiger partial charge on any atom is -0.493 e. The number of amides is 4. The molecule has 70 heavy (non-hydrogen) atoms. The van der Waals surface area contributed by atoms with Gasteiger partial charge in [0, 0.05) is 30.8 Å². The smallest absolute Gasteiger partial charge is 0.417 e. The molecule has 1 aliphatic carbocycles. The molecule has 0 unspecified atom stereocenters. The summed E-state index contributed by atoms with van der Waals surface area (Å²) in [6.07, 6.45) is -0.765. The van der Waals surface area contributed by atoms with Crippen LogP contribution in [0.15, 0.2) is 77.5 Å². The third kappa shape index (κ3) is 11.5. The van der Waals surface area contributed by atoms with Crippen LogP contribution in [0.1, 0.15) is 89.1 Å². The van der Waals surface area contributed by atoms with Gasteiger partial charge < -0.3 is 39.4 Å². The molecule has 7 rings (SSSR count). The molecule has 4 aromatic rings. The molecule has 2 saturated heterocycles. The van der Waals surface area contributed by atoms with Gasteiger partial charge in [0.25, 0.3) is 5.91 Å². The van der Waals surface area contributed by atoms with Gasteiger partial charge in [-0.15, -0.1) is 0 Å². The van der Waals surface area contributed by atoms with E-state index in [1.165, 1.54) is 17.4 Å². The maximum atomic E-state index is 14.1. The molecular formula is C51H58F3N7O8S. The second-order valence-electron chi connectivity index (χ2n) is 19.8. The van der Waals surface area contributed by atoms with Gasteiger partial charge in [0.05, 0.1) is 47.9 Å². The number of thiocarbonyl (C=S) groups is 1. The molecule has 3 N–H and O–H groups in total. The normalized spacial score (nSPS) is 20.8. The van der Waals surface area contributed by atoms with E-state index in [0.717, 1.165) is 59.5 Å². The third-order valence-electron chi connectivity index (χ3n) is 13.2. The van der Waals surface area contributed by atoms with E-state index >= 15 is 0 Å². The second-order valence-corrected chi connectivity index (χ2v) is 20.2. The molecule has 3 aliphatic rings. The number of nitrogens with zero attached hydrogens (tertiary/aromatic N) is 5. The van der Waals surface area contributed by atoms with Crippen LogP contribution >= 0.6 is 12.2 Å². The number of nitriles is 1. The molecule has 0 radical (unpaired) electrons. The standard InChI is InChI=1S/C51H58F3N7O8S/c1-30-43(69-29-57-30)34-13-11-31(12-14-34)24-56-45(64)41-22-38(62)25-59(41)46(65)44(49(2,3)4)58-42(63)28-67-26-32-7-9-33(10-8-32)27-68-39-19-17-36(18-20-39)61-48(70)60(47(66)50(61,5)6)37-16-15-35(23-55)40(21-37)51(52,53)54/h11-21,29,32-33,38,41,44,62H,7-10,22,24-28H2,1-6H3,(H,56,64)(H,58,63)/t32?,33?,38-,41+,44-/m1/s1. The Morgan fingerprint density at radius 3 is 2.23 bits per heavy atom. The molecule has 3 heterocycles. The van der Waals surface area contributed by atoms with E-state index in [1.807, 2.05) is 52.0 Å². The number of hydrogen-bond donors (Lipinski definition) is 3. The van der Waals surface area contributed by atoms with Crippen LogP contribution in [-0.4, -0.2) is 93.8 Å². The number of aromatic nitrogens is 1. The number of hydrogen-bond acceptors (Lipinski definition) is 11. The molecule has 0 bridgehead atoms. The molecular weight excluding hydrogens is 928 g/mol. The number of β-amino-alcohol motifs (C(OH)–C–C–N with tert-alkyl or cyclic N) is 1. The Bertz CT molecular complexity index is 2620. The number of anilines is 2. The van der Waals surface area contributed by atoms with Crippen molar-refractivity contribution in [2.75, 3.05) is 36.2 Å². The highest BCUT2D eigenvalue weighted by Gasteiger charge is 2.51. The van der Waals surface area contributed by atoms with Gasteiger partial charge in [0.1, 0.15) is 30.0 Å². The average Bonchev–Trinajstić information content (AvgIpc) is 3.98. The predicted octanol–water partition coefficient (Wildman–Crippen LogP) is 7.47. The van der Waals surface area contributed by atoms with Crippen LogP contribution in [0.2, 0.25) is 0 Å². The first-order chi connectivity index (χ1) is 33.1. The van der Waals surface area contributed by atoms with Crippen molar-refractivity contribution in [3.8, 4) is 23.1 Å². The minimum atomic E-state index is -4.81. The molecule has 1 aromatic heterocycles. The van der Waals surface area contributed by atoms with Crippen LogP contribution in [0, 0.1) is 35.5 Å². The van der Waals surface area contributed by atoms with E-state index in [2.05, 4.69) is 15.6 Å². The summed E-state index contributed by atoms with van der Waals surface area (Å²) >= 11 is 5.66. The molecule has 19 heteroatoms. The van der Waals surface area contributed by atoms with Crippen LogP contribution in [0.25, 0.3) is 11.3 Å². The zero-order chi connectivity index (χ0) is 50.7. The van der Waals surface area contributed by atoms with Crippen molar-refractivity contribution in [1.82, 2.24) is 20.5 Å². The molecule has 3 aromatic carbocycles. The molecule has 372 valence electrons. The topological polar surface area (TPSA) is 191 Å². The lowest BCUT2D eigenvalue weighted by atomic mass is 9.83. The molecule has 3 atom stereocenters. The number of oxazole rings is 1. The number of benzene rings is 3. The molecule has 3 fully saturated rings. The number of nitrogens with one attached hydrogen (secondary N) is 2. The molecule has 0 spiro atoms. The predicted molar refractivity (Wildman–Crippen MR) is 257 cm³/mol. The van der Waals surface area contributed by atoms with Crippen LogP contribution < -0.4 is 25.2 Å². The van der Waals surface area contributed by atoms with Gasteiger partial charge in [0.15, 0.2) is 17.3 Å². The molecule has 2 aliphatic heterocycles. The number of ether oxygens (including phenoxy) is 2. The SMILES string of the molecule is Cc1ncoc1-c1ccc(CNC(=O)[C@@H]2C[C@@H](O)CN2C(=O)[C@@H](NC(=O)COCC2CCC(COc3ccc(N4C(=S)N(c5ccc(C#N)c(C(F)(F)F)c5)C(=O)C4(C)C)cc3)CC2)C(C)(C)C)cc1. The van der Waals surface area contributed by atoms with E-state index in [0.29, 0.717) is 30.4 Å². The number of carbonyl (C=O) groups excluding carboxylic acids is 4. The maximum Gasteiger partial charge on any atom is 0.417 e. The summed E-state index contributed by atoms with van der Waals surface area (Å²) in [5.41, 5.74) is -0.749. The Morgan fingerprint density at radius 1 is 0.986 bits per heavy atom. The summed E-state index contributed by atoms with van der Waals surface area (Å²) < 4.78 is 58.8. The van der Waals surface area contributed by atoms with Crippen LogP contribution in [-0.2, 0) is 36.6 Å². The van der Waals surface area contributed by atoms with Gasteiger partial charge in [-0.3, -0.25) is 24.1 Å². The zero-order valence-electron chi connectivity index (χ0n) is 40.0. The van der Waals surface area contributed by atoms with Gasteiger partial charge in [-0.1, -0.05) is 45.0 Å². The number of halogens is 3. The lowest BCUT2D eigenvalue weighted by Crippen LogP contribution is -2.58. The van der Waals surface area contributed by atoms with Crippen molar-refractivity contribution < 1.29 is 51.3 Å². The van der Waals surface area contributed by atoms with Gasteiger partial charge in [0.2, 0.25) is 17.7 Å².